The van der Waals surface area contributed by atoms with E-state index in [9.17, 15) is 4.79 Å². The molecule has 2 aromatic heterocycles. The van der Waals surface area contributed by atoms with E-state index < -0.39 is 0 Å². The molecule has 0 radical (unpaired) electrons. The summed E-state index contributed by atoms with van der Waals surface area (Å²) in [6, 6.07) is 8.18. The third-order valence-corrected chi connectivity index (χ3v) is 4.76. The van der Waals surface area contributed by atoms with E-state index in [1.165, 1.54) is 4.88 Å². The summed E-state index contributed by atoms with van der Waals surface area (Å²) < 4.78 is 0. The molecule has 0 spiro atoms. The van der Waals surface area contributed by atoms with E-state index in [0.717, 1.165) is 30.1 Å². The summed E-state index contributed by atoms with van der Waals surface area (Å²) in [5, 5.41) is 3.37. The molecule has 5 heteroatoms. The van der Waals surface area contributed by atoms with Crippen LogP contribution < -0.4 is 5.32 Å². The number of rotatable bonds is 3. The van der Waals surface area contributed by atoms with Crippen LogP contribution >= 0.6 is 11.3 Å². The average Bonchev–Trinajstić information content (AvgIpc) is 2.93. The van der Waals surface area contributed by atoms with Crippen molar-refractivity contribution in [2.45, 2.75) is 19.4 Å². The van der Waals surface area contributed by atoms with Crippen LogP contribution in [0, 0.1) is 6.92 Å². The first-order chi connectivity index (χ1) is 10.2. The van der Waals surface area contributed by atoms with Crippen LogP contribution in [0.2, 0.25) is 0 Å². The van der Waals surface area contributed by atoms with Gasteiger partial charge in [0.1, 0.15) is 0 Å². The summed E-state index contributed by atoms with van der Waals surface area (Å²) in [6.45, 7) is 4.47. The standard InChI is InChI=1S/C16H19N3OS/c1-12-4-5-14(21-12)9-16(20)19-8-7-18-11-15(19)13-3-2-6-17-10-13/h2-6,10,15,18H,7-9,11H2,1H3. The predicted octanol–water partition coefficient (Wildman–Crippen LogP) is 2.17. The maximum atomic E-state index is 12.6. The van der Waals surface area contributed by atoms with Crippen molar-refractivity contribution in [1.29, 1.82) is 0 Å². The first kappa shape index (κ1) is 14.2. The Labute approximate surface area is 128 Å². The molecular weight excluding hydrogens is 282 g/mol. The zero-order valence-corrected chi connectivity index (χ0v) is 12.9. The van der Waals surface area contributed by atoms with E-state index in [4.69, 9.17) is 0 Å². The van der Waals surface area contributed by atoms with Crippen LogP contribution in [0.25, 0.3) is 0 Å². The number of carbonyl (C=O) groups excluding carboxylic acids is 1. The van der Waals surface area contributed by atoms with Gasteiger partial charge in [-0.3, -0.25) is 9.78 Å². The fraction of sp³-hybridized carbons (Fsp3) is 0.375. The van der Waals surface area contributed by atoms with Crippen LogP contribution in [0.15, 0.2) is 36.7 Å². The van der Waals surface area contributed by atoms with Crippen molar-refractivity contribution in [2.24, 2.45) is 0 Å². The highest BCUT2D eigenvalue weighted by Crippen LogP contribution is 2.23. The second-order valence-electron chi connectivity index (χ2n) is 5.28. The zero-order chi connectivity index (χ0) is 14.7. The van der Waals surface area contributed by atoms with Gasteiger partial charge in [0, 0.05) is 41.8 Å². The van der Waals surface area contributed by atoms with Crippen molar-refractivity contribution in [1.82, 2.24) is 15.2 Å². The SMILES string of the molecule is Cc1ccc(CC(=O)N2CCNCC2c2cccnc2)s1. The van der Waals surface area contributed by atoms with Crippen LogP contribution in [0.3, 0.4) is 0 Å². The molecule has 1 N–H and O–H groups in total. The lowest BCUT2D eigenvalue weighted by Crippen LogP contribution is -2.49. The van der Waals surface area contributed by atoms with Gasteiger partial charge in [0.2, 0.25) is 5.91 Å². The quantitative estimate of drug-likeness (QED) is 0.945. The first-order valence-electron chi connectivity index (χ1n) is 7.19. The third kappa shape index (κ3) is 3.31. The van der Waals surface area contributed by atoms with Gasteiger partial charge in [0.25, 0.3) is 0 Å². The molecular formula is C16H19N3OS. The second kappa shape index (κ2) is 6.37. The van der Waals surface area contributed by atoms with Gasteiger partial charge in [0.15, 0.2) is 0 Å². The molecule has 3 rings (SSSR count). The van der Waals surface area contributed by atoms with Gasteiger partial charge < -0.3 is 10.2 Å². The summed E-state index contributed by atoms with van der Waals surface area (Å²) in [5.74, 6) is 0.201. The summed E-state index contributed by atoms with van der Waals surface area (Å²) in [6.07, 6.45) is 4.11. The van der Waals surface area contributed by atoms with E-state index in [1.54, 1.807) is 17.5 Å². The van der Waals surface area contributed by atoms with E-state index >= 15 is 0 Å². The fourth-order valence-electron chi connectivity index (χ4n) is 2.70. The van der Waals surface area contributed by atoms with Gasteiger partial charge in [-0.15, -0.1) is 11.3 Å². The Bertz CT molecular complexity index is 611. The molecule has 2 aromatic rings. The Hall–Kier alpha value is -1.72. The normalized spacial score (nSPS) is 18.7. The van der Waals surface area contributed by atoms with Crippen LogP contribution in [0.5, 0.6) is 0 Å². The van der Waals surface area contributed by atoms with Crippen molar-refractivity contribution in [2.75, 3.05) is 19.6 Å². The molecule has 1 saturated heterocycles. The number of piperazine rings is 1. The van der Waals surface area contributed by atoms with E-state index in [0.29, 0.717) is 6.42 Å². The molecule has 0 aliphatic carbocycles. The Morgan fingerprint density at radius 1 is 1.48 bits per heavy atom. The summed E-state index contributed by atoms with van der Waals surface area (Å²) in [7, 11) is 0. The Morgan fingerprint density at radius 2 is 2.38 bits per heavy atom. The van der Waals surface area contributed by atoms with Crippen molar-refractivity contribution in [3.05, 3.63) is 52.0 Å². The molecule has 0 saturated carbocycles. The second-order valence-corrected chi connectivity index (χ2v) is 6.66. The smallest absolute Gasteiger partial charge is 0.228 e. The highest BCUT2D eigenvalue weighted by Gasteiger charge is 2.28. The molecule has 1 aliphatic rings. The number of thiophene rings is 1. The number of nitrogens with one attached hydrogen (secondary N) is 1. The molecule has 0 aromatic carbocycles. The zero-order valence-electron chi connectivity index (χ0n) is 12.1. The van der Waals surface area contributed by atoms with Gasteiger partial charge in [-0.2, -0.15) is 0 Å². The first-order valence-corrected chi connectivity index (χ1v) is 8.01. The molecule has 3 heterocycles. The summed E-state index contributed by atoms with van der Waals surface area (Å²) in [5.41, 5.74) is 1.10. The maximum absolute atomic E-state index is 12.6. The average molecular weight is 301 g/mol. The number of aryl methyl sites for hydroxylation is 1. The number of amides is 1. The summed E-state index contributed by atoms with van der Waals surface area (Å²) >= 11 is 1.70. The van der Waals surface area contributed by atoms with Crippen LogP contribution in [-0.4, -0.2) is 35.4 Å². The minimum Gasteiger partial charge on any atom is -0.333 e. The molecule has 1 atom stereocenters. The number of hydrogen-bond donors (Lipinski definition) is 1. The molecule has 1 fully saturated rings. The minimum absolute atomic E-state index is 0.0843. The van der Waals surface area contributed by atoms with Gasteiger partial charge in [-0.05, 0) is 30.7 Å². The summed E-state index contributed by atoms with van der Waals surface area (Å²) in [4.78, 5) is 21.2. The number of hydrogen-bond acceptors (Lipinski definition) is 4. The predicted molar refractivity (Wildman–Crippen MR) is 84.3 cm³/mol. The van der Waals surface area contributed by atoms with Crippen LogP contribution in [-0.2, 0) is 11.2 Å². The topological polar surface area (TPSA) is 45.2 Å². The molecule has 1 aliphatic heterocycles. The third-order valence-electron chi connectivity index (χ3n) is 3.75. The monoisotopic (exact) mass is 301 g/mol. The molecule has 4 nitrogen and oxygen atoms in total. The van der Waals surface area contributed by atoms with Gasteiger partial charge in [0.05, 0.1) is 12.5 Å². The lowest BCUT2D eigenvalue weighted by Gasteiger charge is -2.36. The Morgan fingerprint density at radius 3 is 3.10 bits per heavy atom. The van der Waals surface area contributed by atoms with E-state index in [-0.39, 0.29) is 11.9 Å². The highest BCUT2D eigenvalue weighted by atomic mass is 32.1. The van der Waals surface area contributed by atoms with Crippen molar-refractivity contribution < 1.29 is 4.79 Å². The maximum Gasteiger partial charge on any atom is 0.228 e. The van der Waals surface area contributed by atoms with E-state index in [1.807, 2.05) is 23.2 Å². The molecule has 0 bridgehead atoms. The highest BCUT2D eigenvalue weighted by molar-refractivity contribution is 7.12. The lowest BCUT2D eigenvalue weighted by molar-refractivity contribution is -0.133. The number of carbonyl (C=O) groups is 1. The minimum atomic E-state index is 0.0843. The van der Waals surface area contributed by atoms with Crippen molar-refractivity contribution in [3.8, 4) is 0 Å². The lowest BCUT2D eigenvalue weighted by atomic mass is 10.0. The number of pyridine rings is 1. The number of aromatic nitrogens is 1. The van der Waals surface area contributed by atoms with Crippen molar-refractivity contribution in [3.63, 3.8) is 0 Å². The van der Waals surface area contributed by atoms with Gasteiger partial charge >= 0.3 is 0 Å². The van der Waals surface area contributed by atoms with Crippen LogP contribution in [0.1, 0.15) is 21.4 Å². The largest absolute Gasteiger partial charge is 0.333 e. The van der Waals surface area contributed by atoms with Crippen LogP contribution in [0.4, 0.5) is 0 Å². The molecule has 1 amide bonds. The Kier molecular flexibility index (Phi) is 4.31. The van der Waals surface area contributed by atoms with E-state index in [2.05, 4.69) is 29.4 Å². The molecule has 21 heavy (non-hydrogen) atoms. The number of nitrogens with zero attached hydrogens (tertiary/aromatic N) is 2. The van der Waals surface area contributed by atoms with Gasteiger partial charge in [-0.25, -0.2) is 0 Å². The van der Waals surface area contributed by atoms with Crippen molar-refractivity contribution >= 4 is 17.2 Å². The van der Waals surface area contributed by atoms with Gasteiger partial charge in [-0.1, -0.05) is 6.07 Å². The molecule has 110 valence electrons. The Balaban J connectivity index is 1.76. The fourth-order valence-corrected chi connectivity index (χ4v) is 3.59. The molecule has 1 unspecified atom stereocenters.